The Bertz CT molecular complexity index is 807. The summed E-state index contributed by atoms with van der Waals surface area (Å²) in [5.74, 6) is 2.33. The molecule has 1 amide bonds. The van der Waals surface area contributed by atoms with E-state index < -0.39 is 0 Å². The maximum Gasteiger partial charge on any atom is 0.261 e. The molecule has 2 fully saturated rings. The summed E-state index contributed by atoms with van der Waals surface area (Å²) >= 11 is 0. The van der Waals surface area contributed by atoms with Crippen molar-refractivity contribution in [2.75, 3.05) is 39.6 Å². The molecule has 1 unspecified atom stereocenters. The first-order chi connectivity index (χ1) is 15.3. The van der Waals surface area contributed by atoms with Crippen LogP contribution in [0.25, 0.3) is 0 Å². The third kappa shape index (κ3) is 6.27. The fourth-order valence-corrected chi connectivity index (χ4v) is 4.06. The first-order valence-electron chi connectivity index (χ1n) is 11.2. The van der Waals surface area contributed by atoms with Crippen LogP contribution in [-0.4, -0.2) is 60.5 Å². The number of hydrogen-bond donors (Lipinski definition) is 0. The fraction of sp³-hybridized carbons (Fsp3) is 0.609. The van der Waals surface area contributed by atoms with Gasteiger partial charge in [-0.1, -0.05) is 23.4 Å². The Morgan fingerprint density at radius 2 is 1.97 bits per heavy atom. The maximum absolute atomic E-state index is 12.8. The van der Waals surface area contributed by atoms with Crippen molar-refractivity contribution in [2.24, 2.45) is 5.92 Å². The normalized spacial score (nSPS) is 20.0. The molecule has 0 bridgehead atoms. The van der Waals surface area contributed by atoms with Crippen LogP contribution in [0.3, 0.4) is 0 Å². The predicted molar refractivity (Wildman–Crippen MR) is 113 cm³/mol. The molecule has 0 spiro atoms. The molecule has 8 heteroatoms. The molecule has 4 rings (SSSR count). The average Bonchev–Trinajstić information content (AvgIpc) is 3.30. The molecule has 2 aliphatic rings. The highest BCUT2D eigenvalue weighted by atomic mass is 16.5. The molecule has 2 aromatic rings. The van der Waals surface area contributed by atoms with Crippen molar-refractivity contribution in [3.63, 3.8) is 0 Å². The maximum atomic E-state index is 12.8. The van der Waals surface area contributed by atoms with Crippen molar-refractivity contribution < 1.29 is 23.5 Å². The van der Waals surface area contributed by atoms with Gasteiger partial charge in [-0.2, -0.15) is 4.98 Å². The minimum absolute atomic E-state index is 0.00154. The van der Waals surface area contributed by atoms with Gasteiger partial charge in [-0.15, -0.1) is 0 Å². The molecule has 0 saturated carbocycles. The van der Waals surface area contributed by atoms with Crippen molar-refractivity contribution in [1.29, 1.82) is 0 Å². The number of ether oxygens (including phenoxy) is 3. The van der Waals surface area contributed by atoms with Gasteiger partial charge >= 0.3 is 0 Å². The van der Waals surface area contributed by atoms with Crippen molar-refractivity contribution in [3.05, 3.63) is 42.0 Å². The smallest absolute Gasteiger partial charge is 0.261 e. The van der Waals surface area contributed by atoms with E-state index in [1.54, 1.807) is 0 Å². The van der Waals surface area contributed by atoms with Crippen LogP contribution in [0.1, 0.15) is 49.9 Å². The number of amides is 1. The van der Waals surface area contributed by atoms with E-state index in [4.69, 9.17) is 18.7 Å². The van der Waals surface area contributed by atoms with Crippen LogP contribution in [0.2, 0.25) is 0 Å². The molecule has 31 heavy (non-hydrogen) atoms. The lowest BCUT2D eigenvalue weighted by Gasteiger charge is -2.33. The Kier molecular flexibility index (Phi) is 7.90. The van der Waals surface area contributed by atoms with Crippen LogP contribution in [0.4, 0.5) is 0 Å². The summed E-state index contributed by atoms with van der Waals surface area (Å²) < 4.78 is 22.4. The van der Waals surface area contributed by atoms with E-state index >= 15 is 0 Å². The van der Waals surface area contributed by atoms with Gasteiger partial charge in [0.25, 0.3) is 5.91 Å². The van der Waals surface area contributed by atoms with Crippen LogP contribution < -0.4 is 4.74 Å². The summed E-state index contributed by atoms with van der Waals surface area (Å²) in [6, 6.07) is 9.18. The number of carbonyl (C=O) groups excluding carboxylic acids is 1. The highest BCUT2D eigenvalue weighted by Gasteiger charge is 2.32. The van der Waals surface area contributed by atoms with E-state index in [1.165, 1.54) is 0 Å². The minimum atomic E-state index is -0.190. The number of benzene rings is 1. The Morgan fingerprint density at radius 3 is 2.81 bits per heavy atom. The first-order valence-corrected chi connectivity index (χ1v) is 11.2. The summed E-state index contributed by atoms with van der Waals surface area (Å²) in [6.07, 6.45) is 5.54. The van der Waals surface area contributed by atoms with Crippen molar-refractivity contribution in [3.8, 4) is 5.75 Å². The van der Waals surface area contributed by atoms with Crippen molar-refractivity contribution in [1.82, 2.24) is 15.0 Å². The zero-order valence-electron chi connectivity index (χ0n) is 17.9. The number of hydrogen-bond acceptors (Lipinski definition) is 7. The van der Waals surface area contributed by atoms with Crippen LogP contribution in [0.15, 0.2) is 34.9 Å². The third-order valence-corrected chi connectivity index (χ3v) is 5.86. The van der Waals surface area contributed by atoms with Gasteiger partial charge in [0.2, 0.25) is 5.89 Å². The van der Waals surface area contributed by atoms with Crippen LogP contribution >= 0.6 is 0 Å². The number of likely N-dealkylation sites (tertiary alicyclic amines) is 1. The molecule has 8 nitrogen and oxygen atoms in total. The quantitative estimate of drug-likeness (QED) is 0.566. The summed E-state index contributed by atoms with van der Waals surface area (Å²) in [5.41, 5.74) is 0. The van der Waals surface area contributed by atoms with Gasteiger partial charge < -0.3 is 23.6 Å². The highest BCUT2D eigenvalue weighted by molar-refractivity contribution is 5.78. The second-order valence-corrected chi connectivity index (χ2v) is 8.13. The molecule has 2 saturated heterocycles. The molecular formula is C23H31N3O5. The largest absolute Gasteiger partial charge is 0.484 e. The monoisotopic (exact) mass is 429 g/mol. The van der Waals surface area contributed by atoms with Crippen molar-refractivity contribution >= 4 is 5.91 Å². The Labute approximate surface area is 182 Å². The Hall–Kier alpha value is -2.45. The molecule has 3 heterocycles. The van der Waals surface area contributed by atoms with E-state index in [0.29, 0.717) is 43.0 Å². The lowest BCUT2D eigenvalue weighted by Crippen LogP contribution is -2.41. The number of para-hydroxylation sites is 1. The molecule has 0 N–H and O–H groups in total. The van der Waals surface area contributed by atoms with Gasteiger partial charge in [-0.25, -0.2) is 0 Å². The standard InChI is InChI=1S/C23H31N3O5/c27-22(17-30-19-6-2-1-3-7-19)26-12-5-4-8-20(26)23-24-21(25-31-23)11-15-29-16-18-9-13-28-14-10-18/h1-3,6-7,18,20H,4-5,8-17H2. The zero-order chi connectivity index (χ0) is 21.3. The summed E-state index contributed by atoms with van der Waals surface area (Å²) in [6.45, 7) is 3.65. The van der Waals surface area contributed by atoms with Crippen LogP contribution in [-0.2, 0) is 20.7 Å². The average molecular weight is 430 g/mol. The second-order valence-electron chi connectivity index (χ2n) is 8.13. The predicted octanol–water partition coefficient (Wildman–Crippen LogP) is 3.19. The number of nitrogens with zero attached hydrogens (tertiary/aromatic N) is 3. The third-order valence-electron chi connectivity index (χ3n) is 5.86. The van der Waals surface area contributed by atoms with E-state index in [0.717, 1.165) is 51.9 Å². The molecule has 1 aromatic heterocycles. The van der Waals surface area contributed by atoms with Gasteiger partial charge in [-0.3, -0.25) is 4.79 Å². The van der Waals surface area contributed by atoms with Gasteiger partial charge in [-0.05, 0) is 50.2 Å². The molecule has 1 aromatic carbocycles. The molecule has 0 aliphatic carbocycles. The van der Waals surface area contributed by atoms with E-state index in [-0.39, 0.29) is 18.6 Å². The molecular weight excluding hydrogens is 398 g/mol. The SMILES string of the molecule is O=C(COc1ccccc1)N1CCCCC1c1nc(CCOCC2CCOCC2)no1. The summed E-state index contributed by atoms with van der Waals surface area (Å²) in [5, 5.41) is 4.11. The van der Waals surface area contributed by atoms with Gasteiger partial charge in [0.1, 0.15) is 11.8 Å². The molecule has 2 aliphatic heterocycles. The second kappa shape index (κ2) is 11.2. The Balaban J connectivity index is 1.26. The van der Waals surface area contributed by atoms with Crippen LogP contribution in [0.5, 0.6) is 5.75 Å². The fourth-order valence-electron chi connectivity index (χ4n) is 4.06. The topological polar surface area (TPSA) is 86.9 Å². The summed E-state index contributed by atoms with van der Waals surface area (Å²) in [4.78, 5) is 19.2. The van der Waals surface area contributed by atoms with E-state index in [1.807, 2.05) is 35.2 Å². The summed E-state index contributed by atoms with van der Waals surface area (Å²) in [7, 11) is 0. The number of piperidine rings is 1. The van der Waals surface area contributed by atoms with E-state index in [9.17, 15) is 4.79 Å². The molecule has 1 atom stereocenters. The lowest BCUT2D eigenvalue weighted by atomic mass is 10.0. The van der Waals surface area contributed by atoms with Crippen molar-refractivity contribution in [2.45, 2.75) is 44.6 Å². The number of rotatable bonds is 9. The molecule has 168 valence electrons. The molecule has 0 radical (unpaired) electrons. The van der Waals surface area contributed by atoms with E-state index in [2.05, 4.69) is 10.1 Å². The van der Waals surface area contributed by atoms with Gasteiger partial charge in [0, 0.05) is 32.8 Å². The minimum Gasteiger partial charge on any atom is -0.484 e. The van der Waals surface area contributed by atoms with Crippen LogP contribution in [0, 0.1) is 5.92 Å². The Morgan fingerprint density at radius 1 is 1.13 bits per heavy atom. The number of carbonyl (C=O) groups is 1. The van der Waals surface area contributed by atoms with Gasteiger partial charge in [0.05, 0.1) is 6.61 Å². The highest BCUT2D eigenvalue weighted by Crippen LogP contribution is 2.30. The zero-order valence-corrected chi connectivity index (χ0v) is 17.9. The number of aromatic nitrogens is 2. The van der Waals surface area contributed by atoms with Gasteiger partial charge in [0.15, 0.2) is 12.4 Å². The first kappa shape index (κ1) is 21.8. The lowest BCUT2D eigenvalue weighted by molar-refractivity contribution is -0.138.